The number of hydrogen-bond donors (Lipinski definition) is 1. The highest BCUT2D eigenvalue weighted by Gasteiger charge is 2.36. The first-order valence-corrected chi connectivity index (χ1v) is 6.97. The maximum absolute atomic E-state index is 10.6. The van der Waals surface area contributed by atoms with Crippen LogP contribution in [0.15, 0.2) is 0 Å². The van der Waals surface area contributed by atoms with Crippen LogP contribution in [0.5, 0.6) is 0 Å². The van der Waals surface area contributed by atoms with E-state index in [-0.39, 0.29) is 0 Å². The molecule has 0 heterocycles. The first-order valence-electron chi connectivity index (χ1n) is 6.97. The number of hydrogen-bond acceptors (Lipinski definition) is 2. The molecule has 2 fully saturated rings. The van der Waals surface area contributed by atoms with Crippen molar-refractivity contribution < 1.29 is 9.84 Å². The molecule has 0 amide bonds. The van der Waals surface area contributed by atoms with Gasteiger partial charge in [0.15, 0.2) is 0 Å². The van der Waals surface area contributed by atoms with Gasteiger partial charge >= 0.3 is 0 Å². The average Bonchev–Trinajstić information content (AvgIpc) is 2.29. The first kappa shape index (κ1) is 12.4. The summed E-state index contributed by atoms with van der Waals surface area (Å²) in [6, 6.07) is 0. The van der Waals surface area contributed by atoms with Crippen LogP contribution >= 0.6 is 0 Å². The van der Waals surface area contributed by atoms with Crippen molar-refractivity contribution in [3.8, 4) is 0 Å². The zero-order valence-corrected chi connectivity index (χ0v) is 10.6. The van der Waals surface area contributed by atoms with E-state index in [1.165, 1.54) is 32.1 Å². The second-order valence-corrected chi connectivity index (χ2v) is 5.89. The van der Waals surface area contributed by atoms with Crippen molar-refractivity contribution >= 4 is 0 Å². The predicted octanol–water partition coefficient (Wildman–Crippen LogP) is 3.28. The zero-order valence-electron chi connectivity index (χ0n) is 10.6. The van der Waals surface area contributed by atoms with Crippen molar-refractivity contribution in [3.05, 3.63) is 0 Å². The summed E-state index contributed by atoms with van der Waals surface area (Å²) in [5, 5.41) is 10.6. The molecule has 2 aliphatic rings. The predicted molar refractivity (Wildman–Crippen MR) is 65.4 cm³/mol. The van der Waals surface area contributed by atoms with Crippen LogP contribution in [0.3, 0.4) is 0 Å². The minimum atomic E-state index is -0.416. The Kier molecular flexibility index (Phi) is 4.26. The van der Waals surface area contributed by atoms with Crippen LogP contribution in [0.1, 0.15) is 64.2 Å². The first-order chi connectivity index (χ1) is 7.72. The molecule has 2 atom stereocenters. The zero-order chi connectivity index (χ0) is 11.4. The van der Waals surface area contributed by atoms with E-state index in [1.54, 1.807) is 7.11 Å². The Morgan fingerprint density at radius 2 is 1.88 bits per heavy atom. The highest BCUT2D eigenvalue weighted by molar-refractivity contribution is 4.89. The molecule has 0 aromatic carbocycles. The van der Waals surface area contributed by atoms with E-state index in [4.69, 9.17) is 4.74 Å². The molecular formula is C14H26O2. The Hall–Kier alpha value is -0.0800. The van der Waals surface area contributed by atoms with Gasteiger partial charge in [-0.1, -0.05) is 32.1 Å². The molecular weight excluding hydrogens is 200 g/mol. The van der Waals surface area contributed by atoms with Crippen molar-refractivity contribution in [2.45, 2.75) is 75.9 Å². The maximum atomic E-state index is 10.6. The minimum absolute atomic E-state index is 0.294. The highest BCUT2D eigenvalue weighted by Crippen LogP contribution is 2.38. The largest absolute Gasteiger partial charge is 0.390 e. The summed E-state index contributed by atoms with van der Waals surface area (Å²) in [6.45, 7) is 0. The summed E-state index contributed by atoms with van der Waals surface area (Å²) < 4.78 is 5.42. The Bertz CT molecular complexity index is 211. The quantitative estimate of drug-likeness (QED) is 0.800. The van der Waals surface area contributed by atoms with E-state index in [0.717, 1.165) is 38.0 Å². The van der Waals surface area contributed by atoms with Crippen LogP contribution in [0, 0.1) is 5.92 Å². The molecule has 0 saturated heterocycles. The molecule has 16 heavy (non-hydrogen) atoms. The van der Waals surface area contributed by atoms with Crippen molar-refractivity contribution in [2.24, 2.45) is 5.92 Å². The molecule has 0 radical (unpaired) electrons. The van der Waals surface area contributed by atoms with E-state index in [9.17, 15) is 5.11 Å². The lowest BCUT2D eigenvalue weighted by atomic mass is 9.74. The number of aliphatic hydroxyl groups is 1. The third kappa shape index (κ3) is 3.21. The van der Waals surface area contributed by atoms with Crippen LogP contribution in [0.2, 0.25) is 0 Å². The molecule has 0 aliphatic heterocycles. The summed E-state index contributed by atoms with van der Waals surface area (Å²) in [5.74, 6) is 0.773. The summed E-state index contributed by atoms with van der Waals surface area (Å²) in [5.41, 5.74) is -0.416. The van der Waals surface area contributed by atoms with E-state index in [1.807, 2.05) is 0 Å². The van der Waals surface area contributed by atoms with Crippen LogP contribution in [-0.4, -0.2) is 23.9 Å². The van der Waals surface area contributed by atoms with Gasteiger partial charge in [0, 0.05) is 13.5 Å². The monoisotopic (exact) mass is 226 g/mol. The second kappa shape index (κ2) is 5.50. The molecule has 0 bridgehead atoms. The van der Waals surface area contributed by atoms with Gasteiger partial charge in [0.25, 0.3) is 0 Å². The minimum Gasteiger partial charge on any atom is -0.390 e. The van der Waals surface area contributed by atoms with Gasteiger partial charge in [-0.3, -0.25) is 0 Å². The van der Waals surface area contributed by atoms with Gasteiger partial charge in [-0.2, -0.15) is 0 Å². The normalized spacial score (nSPS) is 37.5. The number of ether oxygens (including phenoxy) is 1. The average molecular weight is 226 g/mol. The molecule has 2 saturated carbocycles. The fourth-order valence-corrected chi connectivity index (χ4v) is 3.60. The van der Waals surface area contributed by atoms with Crippen molar-refractivity contribution in [2.75, 3.05) is 7.11 Å². The molecule has 1 N–H and O–H groups in total. The molecule has 2 unspecified atom stereocenters. The fraction of sp³-hybridized carbons (Fsp3) is 1.00. The van der Waals surface area contributed by atoms with Gasteiger partial charge in [-0.25, -0.2) is 0 Å². The molecule has 2 rings (SSSR count). The van der Waals surface area contributed by atoms with Gasteiger partial charge < -0.3 is 9.84 Å². The van der Waals surface area contributed by atoms with Crippen LogP contribution in [0.25, 0.3) is 0 Å². The number of methoxy groups -OCH3 is 1. The van der Waals surface area contributed by atoms with Gasteiger partial charge in [-0.05, 0) is 31.6 Å². The lowest BCUT2D eigenvalue weighted by molar-refractivity contribution is -0.0737. The van der Waals surface area contributed by atoms with Crippen molar-refractivity contribution in [1.29, 1.82) is 0 Å². The standard InChI is InChI=1S/C14H26O2/c1-16-13-8-5-9-14(15,11-13)10-12-6-3-2-4-7-12/h12-13,15H,2-11H2,1H3. The Morgan fingerprint density at radius 3 is 2.56 bits per heavy atom. The molecule has 2 nitrogen and oxygen atoms in total. The Morgan fingerprint density at radius 1 is 1.12 bits per heavy atom. The summed E-state index contributed by atoms with van der Waals surface area (Å²) in [6.07, 6.45) is 12.2. The summed E-state index contributed by atoms with van der Waals surface area (Å²) in [7, 11) is 1.77. The molecule has 0 aromatic heterocycles. The fourth-order valence-electron chi connectivity index (χ4n) is 3.60. The van der Waals surface area contributed by atoms with Crippen LogP contribution < -0.4 is 0 Å². The van der Waals surface area contributed by atoms with E-state index < -0.39 is 5.60 Å². The third-order valence-electron chi connectivity index (χ3n) is 4.50. The second-order valence-electron chi connectivity index (χ2n) is 5.89. The molecule has 0 aromatic rings. The van der Waals surface area contributed by atoms with Gasteiger partial charge in [0.05, 0.1) is 11.7 Å². The summed E-state index contributed by atoms with van der Waals surface area (Å²) in [4.78, 5) is 0. The van der Waals surface area contributed by atoms with Gasteiger partial charge in [-0.15, -0.1) is 0 Å². The van der Waals surface area contributed by atoms with Crippen LogP contribution in [0.4, 0.5) is 0 Å². The Labute approximate surface area is 99.4 Å². The van der Waals surface area contributed by atoms with E-state index in [0.29, 0.717) is 6.10 Å². The topological polar surface area (TPSA) is 29.5 Å². The Balaban J connectivity index is 1.85. The van der Waals surface area contributed by atoms with Crippen LogP contribution in [-0.2, 0) is 4.74 Å². The number of rotatable bonds is 3. The highest BCUT2D eigenvalue weighted by atomic mass is 16.5. The SMILES string of the molecule is COC1CCCC(O)(CC2CCCCC2)C1. The smallest absolute Gasteiger partial charge is 0.0675 e. The molecule has 0 spiro atoms. The molecule has 2 aliphatic carbocycles. The van der Waals surface area contributed by atoms with Crippen molar-refractivity contribution in [1.82, 2.24) is 0 Å². The van der Waals surface area contributed by atoms with E-state index >= 15 is 0 Å². The van der Waals surface area contributed by atoms with E-state index in [2.05, 4.69) is 0 Å². The van der Waals surface area contributed by atoms with Crippen molar-refractivity contribution in [3.63, 3.8) is 0 Å². The van der Waals surface area contributed by atoms with Gasteiger partial charge in [0.2, 0.25) is 0 Å². The lowest BCUT2D eigenvalue weighted by Crippen LogP contribution is -2.40. The maximum Gasteiger partial charge on any atom is 0.0675 e. The third-order valence-corrected chi connectivity index (χ3v) is 4.50. The van der Waals surface area contributed by atoms with Gasteiger partial charge in [0.1, 0.15) is 0 Å². The molecule has 2 heteroatoms. The molecule has 94 valence electrons. The summed E-state index contributed by atoms with van der Waals surface area (Å²) >= 11 is 0. The lowest BCUT2D eigenvalue weighted by Gasteiger charge is -2.39.